The van der Waals surface area contributed by atoms with Gasteiger partial charge in [-0.2, -0.15) is 0 Å². The maximum absolute atomic E-state index is 12.7. The van der Waals surface area contributed by atoms with Crippen molar-refractivity contribution in [2.75, 3.05) is 19.8 Å². The molecular formula is C17H22ClNO3. The predicted molar refractivity (Wildman–Crippen MR) is 85.0 cm³/mol. The van der Waals surface area contributed by atoms with Gasteiger partial charge in [0.2, 0.25) is 5.91 Å². The van der Waals surface area contributed by atoms with Gasteiger partial charge in [0.15, 0.2) is 0 Å². The van der Waals surface area contributed by atoms with Gasteiger partial charge in [0.1, 0.15) is 0 Å². The molecule has 1 amide bonds. The Bertz CT molecular complexity index is 551. The Morgan fingerprint density at radius 3 is 2.59 bits per heavy atom. The molecule has 0 unspecified atom stereocenters. The summed E-state index contributed by atoms with van der Waals surface area (Å²) in [6.45, 7) is 1.38. The number of nitrogens with one attached hydrogen (secondary N) is 1. The van der Waals surface area contributed by atoms with Gasteiger partial charge in [0.25, 0.3) is 0 Å². The van der Waals surface area contributed by atoms with Gasteiger partial charge in [-0.05, 0) is 30.5 Å². The highest BCUT2D eigenvalue weighted by atomic mass is 35.5. The largest absolute Gasteiger partial charge is 0.388 e. The summed E-state index contributed by atoms with van der Waals surface area (Å²) in [4.78, 5) is 12.7. The first kappa shape index (κ1) is 15.8. The Labute approximate surface area is 135 Å². The summed E-state index contributed by atoms with van der Waals surface area (Å²) in [5, 5.41) is 14.1. The van der Waals surface area contributed by atoms with Crippen LogP contribution in [0.4, 0.5) is 0 Å². The predicted octanol–water partition coefficient (Wildman–Crippen LogP) is 2.42. The van der Waals surface area contributed by atoms with Crippen LogP contribution < -0.4 is 5.32 Å². The molecule has 1 aliphatic carbocycles. The minimum Gasteiger partial charge on any atom is -0.388 e. The monoisotopic (exact) mass is 323 g/mol. The second-order valence-corrected chi connectivity index (χ2v) is 6.90. The molecule has 1 aromatic carbocycles. The van der Waals surface area contributed by atoms with Crippen LogP contribution >= 0.6 is 11.6 Å². The summed E-state index contributed by atoms with van der Waals surface area (Å²) in [5.74, 6) is 0.000864. The molecule has 2 fully saturated rings. The van der Waals surface area contributed by atoms with E-state index in [4.69, 9.17) is 16.3 Å². The number of carbonyl (C=O) groups excluding carboxylic acids is 1. The zero-order chi connectivity index (χ0) is 15.6. The summed E-state index contributed by atoms with van der Waals surface area (Å²) in [5.41, 5.74) is -0.345. The van der Waals surface area contributed by atoms with Gasteiger partial charge >= 0.3 is 0 Å². The van der Waals surface area contributed by atoms with Crippen molar-refractivity contribution >= 4 is 17.5 Å². The van der Waals surface area contributed by atoms with Crippen molar-refractivity contribution in [3.63, 3.8) is 0 Å². The fraction of sp³-hybridized carbons (Fsp3) is 0.588. The van der Waals surface area contributed by atoms with Crippen LogP contribution in [-0.2, 0) is 14.9 Å². The first-order valence-corrected chi connectivity index (χ1v) is 8.26. The van der Waals surface area contributed by atoms with Gasteiger partial charge in [0.05, 0.1) is 11.0 Å². The van der Waals surface area contributed by atoms with Crippen LogP contribution in [-0.4, -0.2) is 36.4 Å². The van der Waals surface area contributed by atoms with Crippen LogP contribution in [0, 0.1) is 0 Å². The summed E-state index contributed by atoms with van der Waals surface area (Å²) >= 11 is 6.07. The smallest absolute Gasteiger partial charge is 0.230 e. The van der Waals surface area contributed by atoms with Crippen LogP contribution in [0.5, 0.6) is 0 Å². The molecule has 4 nitrogen and oxygen atoms in total. The Morgan fingerprint density at radius 1 is 1.27 bits per heavy atom. The van der Waals surface area contributed by atoms with Gasteiger partial charge in [-0.1, -0.05) is 30.2 Å². The summed E-state index contributed by atoms with van der Waals surface area (Å²) in [7, 11) is 0. The number of rotatable bonds is 4. The molecule has 0 atom stereocenters. The molecule has 0 bridgehead atoms. The minimum absolute atomic E-state index is 0.000864. The maximum Gasteiger partial charge on any atom is 0.230 e. The first-order valence-electron chi connectivity index (χ1n) is 7.89. The highest BCUT2D eigenvalue weighted by Gasteiger charge is 2.46. The van der Waals surface area contributed by atoms with Crippen molar-refractivity contribution in [3.05, 3.63) is 34.9 Å². The molecule has 1 saturated heterocycles. The van der Waals surface area contributed by atoms with Crippen molar-refractivity contribution in [3.8, 4) is 0 Å². The molecule has 2 N–H and O–H groups in total. The van der Waals surface area contributed by atoms with E-state index in [-0.39, 0.29) is 12.5 Å². The van der Waals surface area contributed by atoms with Crippen molar-refractivity contribution in [2.45, 2.75) is 43.1 Å². The topological polar surface area (TPSA) is 58.6 Å². The van der Waals surface area contributed by atoms with Gasteiger partial charge < -0.3 is 15.2 Å². The summed E-state index contributed by atoms with van der Waals surface area (Å²) in [6, 6.07) is 7.55. The van der Waals surface area contributed by atoms with Crippen LogP contribution in [0.3, 0.4) is 0 Å². The van der Waals surface area contributed by atoms with Crippen LogP contribution in [0.15, 0.2) is 24.3 Å². The standard InChI is InChI=1S/C17H22ClNO3/c18-14-4-1-3-13(11-14)17(5-2-6-17)15(20)19-12-16(21)7-9-22-10-8-16/h1,3-4,11,21H,2,5-10,12H2,(H,19,20). The van der Waals surface area contributed by atoms with Crippen LogP contribution in [0.1, 0.15) is 37.7 Å². The lowest BCUT2D eigenvalue weighted by atomic mass is 9.63. The lowest BCUT2D eigenvalue weighted by molar-refractivity contribution is -0.132. The molecule has 1 aliphatic heterocycles. The molecule has 0 aromatic heterocycles. The molecule has 1 heterocycles. The number of halogens is 1. The Hall–Kier alpha value is -1.10. The number of hydrogen-bond donors (Lipinski definition) is 2. The van der Waals surface area contributed by atoms with Crippen molar-refractivity contribution in [2.24, 2.45) is 0 Å². The van der Waals surface area contributed by atoms with E-state index < -0.39 is 11.0 Å². The quantitative estimate of drug-likeness (QED) is 0.894. The molecular weight excluding hydrogens is 302 g/mol. The lowest BCUT2D eigenvalue weighted by Gasteiger charge is -2.42. The third kappa shape index (κ3) is 3.00. The number of amides is 1. The van der Waals surface area contributed by atoms with E-state index in [0.717, 1.165) is 24.8 Å². The molecule has 0 spiro atoms. The molecule has 0 radical (unpaired) electrons. The molecule has 2 aliphatic rings. The lowest BCUT2D eigenvalue weighted by Crippen LogP contribution is -2.54. The molecule has 22 heavy (non-hydrogen) atoms. The van der Waals surface area contributed by atoms with E-state index in [9.17, 15) is 9.90 Å². The van der Waals surface area contributed by atoms with Gasteiger partial charge in [-0.15, -0.1) is 0 Å². The molecule has 5 heteroatoms. The number of benzene rings is 1. The SMILES string of the molecule is O=C(NCC1(O)CCOCC1)C1(c2cccc(Cl)c2)CCC1. The summed E-state index contributed by atoms with van der Waals surface area (Å²) < 4.78 is 5.27. The average molecular weight is 324 g/mol. The van der Waals surface area contributed by atoms with E-state index in [1.807, 2.05) is 24.3 Å². The number of aliphatic hydroxyl groups is 1. The fourth-order valence-electron chi connectivity index (χ4n) is 3.31. The minimum atomic E-state index is -0.840. The highest BCUT2D eigenvalue weighted by molar-refractivity contribution is 6.30. The zero-order valence-electron chi connectivity index (χ0n) is 12.6. The van der Waals surface area contributed by atoms with Crippen LogP contribution in [0.2, 0.25) is 5.02 Å². The normalized spacial score (nSPS) is 22.6. The number of carbonyl (C=O) groups is 1. The van der Waals surface area contributed by atoms with Crippen molar-refractivity contribution < 1.29 is 14.6 Å². The average Bonchev–Trinajstić information content (AvgIpc) is 2.45. The van der Waals surface area contributed by atoms with Gasteiger partial charge in [-0.25, -0.2) is 0 Å². The van der Waals surface area contributed by atoms with E-state index in [1.165, 1.54) is 0 Å². The highest BCUT2D eigenvalue weighted by Crippen LogP contribution is 2.44. The third-order valence-electron chi connectivity index (χ3n) is 5.02. The molecule has 120 valence electrons. The zero-order valence-corrected chi connectivity index (χ0v) is 13.4. The molecule has 1 saturated carbocycles. The van der Waals surface area contributed by atoms with Crippen molar-refractivity contribution in [1.29, 1.82) is 0 Å². The summed E-state index contributed by atoms with van der Waals surface area (Å²) in [6.07, 6.45) is 3.84. The first-order chi connectivity index (χ1) is 10.5. The number of hydrogen-bond acceptors (Lipinski definition) is 3. The van der Waals surface area contributed by atoms with Crippen LogP contribution in [0.25, 0.3) is 0 Å². The van der Waals surface area contributed by atoms with E-state index in [2.05, 4.69) is 5.32 Å². The second-order valence-electron chi connectivity index (χ2n) is 6.47. The van der Waals surface area contributed by atoms with E-state index in [1.54, 1.807) is 0 Å². The Kier molecular flexibility index (Phi) is 4.44. The van der Waals surface area contributed by atoms with Crippen molar-refractivity contribution in [1.82, 2.24) is 5.32 Å². The third-order valence-corrected chi connectivity index (χ3v) is 5.26. The van der Waals surface area contributed by atoms with Gasteiger partial charge in [0, 0.05) is 37.6 Å². The number of ether oxygens (including phenoxy) is 1. The fourth-order valence-corrected chi connectivity index (χ4v) is 3.50. The van der Waals surface area contributed by atoms with Gasteiger partial charge in [-0.3, -0.25) is 4.79 Å². The molecule has 1 aromatic rings. The Balaban J connectivity index is 1.69. The van der Waals surface area contributed by atoms with E-state index >= 15 is 0 Å². The second kappa shape index (κ2) is 6.19. The van der Waals surface area contributed by atoms with E-state index in [0.29, 0.717) is 31.1 Å². The Morgan fingerprint density at radius 2 is 2.00 bits per heavy atom. The molecule has 3 rings (SSSR count). The maximum atomic E-state index is 12.7.